The van der Waals surface area contributed by atoms with Gasteiger partial charge in [0.05, 0.1) is 5.56 Å². The maximum atomic E-state index is 6.06. The fourth-order valence-corrected chi connectivity index (χ4v) is 2.25. The minimum absolute atomic E-state index is 0.193. The van der Waals surface area contributed by atoms with Crippen LogP contribution in [0.5, 0.6) is 11.6 Å². The standard InChI is InChI=1S/C16H22N4O/c1-10(2)12-7-5-6-8-13(12)21-16-14(11(3)4)15(20-17)18-9-19-16/h5-11H,17H2,1-4H3,(H,18,19,20). The molecule has 0 unspecified atom stereocenters. The third-order valence-corrected chi connectivity index (χ3v) is 3.31. The molecule has 0 radical (unpaired) electrons. The number of anilines is 1. The van der Waals surface area contributed by atoms with Crippen LogP contribution in [0.4, 0.5) is 5.82 Å². The normalized spacial score (nSPS) is 11.0. The van der Waals surface area contributed by atoms with Crippen molar-refractivity contribution in [2.75, 3.05) is 5.43 Å². The summed E-state index contributed by atoms with van der Waals surface area (Å²) in [6.07, 6.45) is 1.45. The van der Waals surface area contributed by atoms with Crippen LogP contribution in [-0.2, 0) is 0 Å². The van der Waals surface area contributed by atoms with Gasteiger partial charge in [0.25, 0.3) is 0 Å². The Hall–Kier alpha value is -2.14. The summed E-state index contributed by atoms with van der Waals surface area (Å²) in [5.41, 5.74) is 4.63. The highest BCUT2D eigenvalue weighted by Crippen LogP contribution is 2.35. The fraction of sp³-hybridized carbons (Fsp3) is 0.375. The number of para-hydroxylation sites is 1. The van der Waals surface area contributed by atoms with Gasteiger partial charge in [0.1, 0.15) is 12.1 Å². The number of nitrogen functional groups attached to an aromatic ring is 1. The Morgan fingerprint density at radius 2 is 1.76 bits per heavy atom. The Morgan fingerprint density at radius 3 is 2.38 bits per heavy atom. The van der Waals surface area contributed by atoms with Crippen LogP contribution in [0, 0.1) is 0 Å². The van der Waals surface area contributed by atoms with Crippen LogP contribution >= 0.6 is 0 Å². The van der Waals surface area contributed by atoms with E-state index in [2.05, 4.69) is 49.2 Å². The van der Waals surface area contributed by atoms with Gasteiger partial charge in [-0.05, 0) is 23.5 Å². The van der Waals surface area contributed by atoms with Gasteiger partial charge in [-0.1, -0.05) is 45.9 Å². The van der Waals surface area contributed by atoms with Crippen LogP contribution in [0.25, 0.3) is 0 Å². The molecule has 5 nitrogen and oxygen atoms in total. The molecule has 0 bridgehead atoms. The predicted molar refractivity (Wildman–Crippen MR) is 84.5 cm³/mol. The summed E-state index contributed by atoms with van der Waals surface area (Å²) in [6.45, 7) is 8.39. The zero-order valence-corrected chi connectivity index (χ0v) is 12.9. The smallest absolute Gasteiger partial charge is 0.227 e. The monoisotopic (exact) mass is 286 g/mol. The molecule has 5 heteroatoms. The Labute approximate surface area is 125 Å². The molecule has 112 valence electrons. The minimum Gasteiger partial charge on any atom is -0.438 e. The van der Waals surface area contributed by atoms with Crippen molar-refractivity contribution >= 4 is 5.82 Å². The summed E-state index contributed by atoms with van der Waals surface area (Å²) in [6, 6.07) is 7.99. The lowest BCUT2D eigenvalue weighted by molar-refractivity contribution is 0.444. The molecule has 2 aromatic rings. The van der Waals surface area contributed by atoms with Gasteiger partial charge in [0, 0.05) is 0 Å². The zero-order chi connectivity index (χ0) is 15.4. The molecular formula is C16H22N4O. The van der Waals surface area contributed by atoms with Gasteiger partial charge in [-0.15, -0.1) is 0 Å². The van der Waals surface area contributed by atoms with Crippen LogP contribution in [0.1, 0.15) is 50.7 Å². The number of hydrogen-bond acceptors (Lipinski definition) is 5. The largest absolute Gasteiger partial charge is 0.438 e. The topological polar surface area (TPSA) is 73.1 Å². The number of ether oxygens (including phenoxy) is 1. The third-order valence-electron chi connectivity index (χ3n) is 3.31. The molecule has 2 rings (SSSR count). The van der Waals surface area contributed by atoms with E-state index in [1.54, 1.807) is 0 Å². The first-order valence-corrected chi connectivity index (χ1v) is 7.12. The van der Waals surface area contributed by atoms with Crippen LogP contribution in [0.3, 0.4) is 0 Å². The summed E-state index contributed by atoms with van der Waals surface area (Å²) in [5, 5.41) is 0. The Bertz CT molecular complexity index is 611. The number of hydrazine groups is 1. The Morgan fingerprint density at radius 1 is 1.05 bits per heavy atom. The number of benzene rings is 1. The molecule has 1 aromatic carbocycles. The molecule has 0 aliphatic carbocycles. The number of rotatable bonds is 5. The average molecular weight is 286 g/mol. The maximum absolute atomic E-state index is 6.06. The molecule has 3 N–H and O–H groups in total. The second-order valence-corrected chi connectivity index (χ2v) is 5.53. The van der Waals surface area contributed by atoms with Crippen LogP contribution in [0.15, 0.2) is 30.6 Å². The van der Waals surface area contributed by atoms with Crippen LogP contribution in [0.2, 0.25) is 0 Å². The van der Waals surface area contributed by atoms with Crippen molar-refractivity contribution in [2.45, 2.75) is 39.5 Å². The Balaban J connectivity index is 2.45. The van der Waals surface area contributed by atoms with Crippen molar-refractivity contribution in [3.8, 4) is 11.6 Å². The van der Waals surface area contributed by atoms with Crippen molar-refractivity contribution < 1.29 is 4.74 Å². The highest BCUT2D eigenvalue weighted by Gasteiger charge is 2.17. The van der Waals surface area contributed by atoms with Crippen molar-refractivity contribution in [3.05, 3.63) is 41.7 Å². The molecule has 0 fully saturated rings. The van der Waals surface area contributed by atoms with E-state index in [1.165, 1.54) is 6.33 Å². The number of nitrogens with zero attached hydrogens (tertiary/aromatic N) is 2. The number of nitrogens with two attached hydrogens (primary N) is 1. The first-order chi connectivity index (χ1) is 10.0. The lowest BCUT2D eigenvalue weighted by Crippen LogP contribution is -2.13. The molecule has 0 atom stereocenters. The molecule has 1 heterocycles. The third kappa shape index (κ3) is 3.31. The summed E-state index contributed by atoms with van der Waals surface area (Å²) < 4.78 is 6.06. The van der Waals surface area contributed by atoms with Crippen molar-refractivity contribution in [3.63, 3.8) is 0 Å². The van der Waals surface area contributed by atoms with Crippen molar-refractivity contribution in [1.82, 2.24) is 9.97 Å². The number of hydrogen-bond donors (Lipinski definition) is 2. The maximum Gasteiger partial charge on any atom is 0.227 e. The molecule has 0 saturated carbocycles. The highest BCUT2D eigenvalue weighted by atomic mass is 16.5. The second kappa shape index (κ2) is 6.54. The van der Waals surface area contributed by atoms with E-state index in [0.717, 1.165) is 16.9 Å². The molecule has 0 aliphatic rings. The zero-order valence-electron chi connectivity index (χ0n) is 12.9. The van der Waals surface area contributed by atoms with E-state index in [4.69, 9.17) is 10.6 Å². The van der Waals surface area contributed by atoms with Crippen molar-refractivity contribution in [1.29, 1.82) is 0 Å². The quantitative estimate of drug-likeness (QED) is 0.646. The SMILES string of the molecule is CC(C)c1ccccc1Oc1ncnc(NN)c1C(C)C. The summed E-state index contributed by atoms with van der Waals surface area (Å²) >= 11 is 0. The van der Waals surface area contributed by atoms with Gasteiger partial charge in [-0.2, -0.15) is 0 Å². The van der Waals surface area contributed by atoms with Crippen LogP contribution < -0.4 is 16.0 Å². The van der Waals surface area contributed by atoms with Gasteiger partial charge in [0.2, 0.25) is 5.88 Å². The molecule has 0 saturated heterocycles. The van der Waals surface area contributed by atoms with Gasteiger partial charge in [0.15, 0.2) is 5.82 Å². The van der Waals surface area contributed by atoms with E-state index in [1.807, 2.05) is 18.2 Å². The fourth-order valence-electron chi connectivity index (χ4n) is 2.25. The molecule has 0 aliphatic heterocycles. The van der Waals surface area contributed by atoms with Gasteiger partial charge < -0.3 is 10.2 Å². The lowest BCUT2D eigenvalue weighted by Gasteiger charge is -2.18. The van der Waals surface area contributed by atoms with Gasteiger partial charge in [-0.25, -0.2) is 15.8 Å². The van der Waals surface area contributed by atoms with Crippen molar-refractivity contribution in [2.24, 2.45) is 5.84 Å². The molecule has 0 amide bonds. The summed E-state index contributed by atoms with van der Waals surface area (Å²) in [5.74, 6) is 8.05. The first kappa shape index (κ1) is 15.3. The van der Waals surface area contributed by atoms with Gasteiger partial charge in [-0.3, -0.25) is 0 Å². The van der Waals surface area contributed by atoms with E-state index in [-0.39, 0.29) is 5.92 Å². The average Bonchev–Trinajstić information content (AvgIpc) is 2.47. The molecule has 1 aromatic heterocycles. The second-order valence-electron chi connectivity index (χ2n) is 5.53. The van der Waals surface area contributed by atoms with E-state index >= 15 is 0 Å². The molecular weight excluding hydrogens is 264 g/mol. The van der Waals surface area contributed by atoms with E-state index in [9.17, 15) is 0 Å². The lowest BCUT2D eigenvalue weighted by atomic mass is 10.0. The number of aromatic nitrogens is 2. The van der Waals surface area contributed by atoms with Gasteiger partial charge >= 0.3 is 0 Å². The summed E-state index contributed by atoms with van der Waals surface area (Å²) in [7, 11) is 0. The molecule has 21 heavy (non-hydrogen) atoms. The summed E-state index contributed by atoms with van der Waals surface area (Å²) in [4.78, 5) is 8.43. The predicted octanol–water partition coefficient (Wildman–Crippen LogP) is 3.80. The van der Waals surface area contributed by atoms with Crippen LogP contribution in [-0.4, -0.2) is 9.97 Å². The minimum atomic E-state index is 0.193. The highest BCUT2D eigenvalue weighted by molar-refractivity contribution is 5.51. The van der Waals surface area contributed by atoms with E-state index in [0.29, 0.717) is 17.6 Å². The van der Waals surface area contributed by atoms with E-state index < -0.39 is 0 Å². The first-order valence-electron chi connectivity index (χ1n) is 7.12. The Kier molecular flexibility index (Phi) is 4.75. The molecule has 0 spiro atoms. The number of nitrogens with one attached hydrogen (secondary N) is 1.